The van der Waals surface area contributed by atoms with Crippen molar-refractivity contribution in [1.29, 1.82) is 0 Å². The summed E-state index contributed by atoms with van der Waals surface area (Å²) in [7, 11) is 0. The van der Waals surface area contributed by atoms with Crippen LogP contribution in [-0.2, 0) is 19.1 Å². The van der Waals surface area contributed by atoms with Gasteiger partial charge in [-0.05, 0) is 39.5 Å². The number of carboxylic acid groups (broad SMARTS) is 1. The Hall–Kier alpha value is -2.09. The number of likely N-dealkylation sites (tertiary alicyclic amines) is 2. The number of aliphatic carboxylic acids is 1. The first-order chi connectivity index (χ1) is 13.1. The molecule has 0 saturated carbocycles. The van der Waals surface area contributed by atoms with E-state index < -0.39 is 35.1 Å². The van der Waals surface area contributed by atoms with Crippen molar-refractivity contribution in [3.05, 3.63) is 12.2 Å². The number of amides is 2. The molecule has 0 aliphatic carbocycles. The van der Waals surface area contributed by atoms with Crippen LogP contribution in [0.15, 0.2) is 12.2 Å². The summed E-state index contributed by atoms with van der Waals surface area (Å²) in [5.41, 5.74) is -1.29. The lowest BCUT2D eigenvalue weighted by molar-refractivity contribution is -0.148. The largest absolute Gasteiger partial charge is 0.481 e. The van der Waals surface area contributed by atoms with E-state index in [0.717, 1.165) is 12.8 Å². The second kappa shape index (κ2) is 6.47. The third-order valence-corrected chi connectivity index (χ3v) is 6.21. The summed E-state index contributed by atoms with van der Waals surface area (Å²) in [5, 5.41) is 9.53. The predicted molar refractivity (Wildman–Crippen MR) is 98.5 cm³/mol. The molecule has 1 N–H and O–H groups in total. The molecule has 154 valence electrons. The highest BCUT2D eigenvalue weighted by atomic mass is 16.6. The van der Waals surface area contributed by atoms with Gasteiger partial charge in [0.1, 0.15) is 17.1 Å². The molecule has 2 amide bonds. The standard InChI is InChI=1S/C20H28N2O6/c1-19(2,3)28-18(26)21-8-5-12(6-9-21)10-22-11-20-7-4-13(27-20)14(17(24)25)15(20)16(22)23/h4,7,12-15H,5-6,8-11H2,1-3H3,(H,24,25). The Bertz CT molecular complexity index is 721. The van der Waals surface area contributed by atoms with Crippen LogP contribution in [0.1, 0.15) is 33.6 Å². The SMILES string of the molecule is CC(C)(C)OC(=O)N1CCC(CN2CC34C=CC(O3)C(C(=O)O)C4C2=O)CC1. The van der Waals surface area contributed by atoms with Gasteiger partial charge in [0.05, 0.1) is 18.6 Å². The van der Waals surface area contributed by atoms with Crippen LogP contribution in [-0.4, -0.2) is 76.4 Å². The van der Waals surface area contributed by atoms with Gasteiger partial charge in [-0.1, -0.05) is 12.2 Å². The number of carboxylic acids is 1. The maximum absolute atomic E-state index is 13.0. The normalized spacial score (nSPS) is 34.8. The van der Waals surface area contributed by atoms with Gasteiger partial charge in [-0.3, -0.25) is 9.59 Å². The van der Waals surface area contributed by atoms with Gasteiger partial charge in [0.15, 0.2) is 0 Å². The van der Waals surface area contributed by atoms with E-state index in [1.165, 1.54) is 0 Å². The highest BCUT2D eigenvalue weighted by molar-refractivity contribution is 5.90. The smallest absolute Gasteiger partial charge is 0.410 e. The van der Waals surface area contributed by atoms with Crippen LogP contribution in [0.2, 0.25) is 0 Å². The van der Waals surface area contributed by atoms with Gasteiger partial charge in [0, 0.05) is 19.6 Å². The molecule has 1 spiro atoms. The molecular formula is C20H28N2O6. The van der Waals surface area contributed by atoms with Gasteiger partial charge >= 0.3 is 12.1 Å². The van der Waals surface area contributed by atoms with E-state index in [-0.39, 0.29) is 17.9 Å². The first kappa shape index (κ1) is 19.2. The van der Waals surface area contributed by atoms with Gasteiger partial charge in [-0.2, -0.15) is 0 Å². The monoisotopic (exact) mass is 392 g/mol. The molecule has 8 heteroatoms. The molecule has 28 heavy (non-hydrogen) atoms. The van der Waals surface area contributed by atoms with Crippen molar-refractivity contribution in [3.63, 3.8) is 0 Å². The van der Waals surface area contributed by atoms with Crippen LogP contribution in [0.5, 0.6) is 0 Å². The van der Waals surface area contributed by atoms with Gasteiger partial charge in [-0.15, -0.1) is 0 Å². The maximum Gasteiger partial charge on any atom is 0.410 e. The molecule has 3 saturated heterocycles. The van der Waals surface area contributed by atoms with Crippen molar-refractivity contribution in [1.82, 2.24) is 9.80 Å². The van der Waals surface area contributed by atoms with Crippen LogP contribution in [0.3, 0.4) is 0 Å². The second-order valence-electron chi connectivity index (χ2n) is 9.37. The number of carbonyl (C=O) groups is 3. The van der Waals surface area contributed by atoms with Gasteiger partial charge in [-0.25, -0.2) is 4.79 Å². The number of hydrogen-bond acceptors (Lipinski definition) is 5. The van der Waals surface area contributed by atoms with E-state index in [4.69, 9.17) is 9.47 Å². The van der Waals surface area contributed by atoms with E-state index in [1.54, 1.807) is 15.9 Å². The van der Waals surface area contributed by atoms with Crippen molar-refractivity contribution < 1.29 is 29.0 Å². The minimum atomic E-state index is -0.970. The molecule has 4 rings (SSSR count). The third-order valence-electron chi connectivity index (χ3n) is 6.21. The maximum atomic E-state index is 13.0. The Kier molecular flexibility index (Phi) is 4.45. The van der Waals surface area contributed by atoms with E-state index in [0.29, 0.717) is 26.2 Å². The minimum Gasteiger partial charge on any atom is -0.481 e. The summed E-state index contributed by atoms with van der Waals surface area (Å²) in [6.07, 6.45) is 4.46. The number of ether oxygens (including phenoxy) is 2. The molecule has 4 atom stereocenters. The lowest BCUT2D eigenvalue weighted by Gasteiger charge is -2.35. The molecule has 4 heterocycles. The van der Waals surface area contributed by atoms with Crippen LogP contribution >= 0.6 is 0 Å². The molecule has 4 aliphatic heterocycles. The van der Waals surface area contributed by atoms with Crippen molar-refractivity contribution >= 4 is 18.0 Å². The molecule has 2 bridgehead atoms. The second-order valence-corrected chi connectivity index (χ2v) is 9.37. The lowest BCUT2D eigenvalue weighted by Crippen LogP contribution is -2.44. The van der Waals surface area contributed by atoms with Crippen LogP contribution in [0.25, 0.3) is 0 Å². The molecule has 0 aromatic carbocycles. The molecule has 4 unspecified atom stereocenters. The zero-order valence-corrected chi connectivity index (χ0v) is 16.6. The predicted octanol–water partition coefficient (Wildman–Crippen LogP) is 1.50. The Morgan fingerprint density at radius 1 is 1.32 bits per heavy atom. The van der Waals surface area contributed by atoms with Crippen molar-refractivity contribution in [2.45, 2.75) is 50.9 Å². The first-order valence-corrected chi connectivity index (χ1v) is 9.96. The zero-order valence-electron chi connectivity index (χ0n) is 16.6. The summed E-state index contributed by atoms with van der Waals surface area (Å²) in [6.45, 7) is 7.75. The average Bonchev–Trinajstić information content (AvgIpc) is 3.22. The highest BCUT2D eigenvalue weighted by Crippen LogP contribution is 2.52. The molecular weight excluding hydrogens is 364 g/mol. The first-order valence-electron chi connectivity index (χ1n) is 9.96. The highest BCUT2D eigenvalue weighted by Gasteiger charge is 2.67. The molecule has 0 radical (unpaired) electrons. The third kappa shape index (κ3) is 3.17. The number of rotatable bonds is 3. The Labute approximate surface area is 164 Å². The average molecular weight is 392 g/mol. The number of hydrogen-bond donors (Lipinski definition) is 1. The fourth-order valence-corrected chi connectivity index (χ4v) is 4.95. The fraction of sp³-hybridized carbons (Fsp3) is 0.750. The number of carbonyl (C=O) groups excluding carboxylic acids is 2. The molecule has 4 aliphatic rings. The van der Waals surface area contributed by atoms with Crippen LogP contribution < -0.4 is 0 Å². The number of piperidine rings is 1. The summed E-state index contributed by atoms with van der Waals surface area (Å²) < 4.78 is 11.3. The quantitative estimate of drug-likeness (QED) is 0.731. The van der Waals surface area contributed by atoms with Gasteiger partial charge in [0.2, 0.25) is 5.91 Å². The Balaban J connectivity index is 1.35. The summed E-state index contributed by atoms with van der Waals surface area (Å²) in [6, 6.07) is 0. The molecule has 0 aromatic heterocycles. The minimum absolute atomic E-state index is 0.117. The molecule has 0 aromatic rings. The van der Waals surface area contributed by atoms with Crippen LogP contribution in [0.4, 0.5) is 4.79 Å². The van der Waals surface area contributed by atoms with E-state index in [2.05, 4.69) is 0 Å². The fourth-order valence-electron chi connectivity index (χ4n) is 4.95. The van der Waals surface area contributed by atoms with E-state index >= 15 is 0 Å². The van der Waals surface area contributed by atoms with Crippen LogP contribution in [0, 0.1) is 17.8 Å². The molecule has 8 nitrogen and oxygen atoms in total. The van der Waals surface area contributed by atoms with E-state index in [9.17, 15) is 19.5 Å². The van der Waals surface area contributed by atoms with Gasteiger partial charge in [0.25, 0.3) is 0 Å². The number of nitrogens with zero attached hydrogens (tertiary/aromatic N) is 2. The topological polar surface area (TPSA) is 96.4 Å². The van der Waals surface area contributed by atoms with Crippen molar-refractivity contribution in [3.8, 4) is 0 Å². The molecule has 3 fully saturated rings. The van der Waals surface area contributed by atoms with E-state index in [1.807, 2.05) is 26.8 Å². The summed E-state index contributed by atoms with van der Waals surface area (Å²) in [4.78, 5) is 40.3. The summed E-state index contributed by atoms with van der Waals surface area (Å²) >= 11 is 0. The lowest BCUT2D eigenvalue weighted by atomic mass is 9.77. The Morgan fingerprint density at radius 2 is 2.00 bits per heavy atom. The Morgan fingerprint density at radius 3 is 2.61 bits per heavy atom. The van der Waals surface area contributed by atoms with Gasteiger partial charge < -0.3 is 24.4 Å². The van der Waals surface area contributed by atoms with Crippen molar-refractivity contribution in [2.24, 2.45) is 17.8 Å². The zero-order chi connectivity index (χ0) is 20.3. The van der Waals surface area contributed by atoms with Crippen molar-refractivity contribution in [2.75, 3.05) is 26.2 Å². The number of fused-ring (bicyclic) bond motifs is 1. The summed E-state index contributed by atoms with van der Waals surface area (Å²) in [5.74, 6) is -2.23.